The van der Waals surface area contributed by atoms with Crippen molar-refractivity contribution in [3.63, 3.8) is 0 Å². The van der Waals surface area contributed by atoms with Crippen molar-refractivity contribution in [2.45, 2.75) is 38.0 Å². The SMILES string of the molecule is CC(C)Oc1cc(N)cc(NCC2CCCS2)c1. The third-order valence-corrected chi connectivity index (χ3v) is 4.26. The number of nitrogens with two attached hydrogens (primary N) is 1. The van der Waals surface area contributed by atoms with Gasteiger partial charge in [0.2, 0.25) is 0 Å². The van der Waals surface area contributed by atoms with Crippen molar-refractivity contribution in [3.05, 3.63) is 18.2 Å². The number of rotatable bonds is 5. The maximum absolute atomic E-state index is 5.89. The quantitative estimate of drug-likeness (QED) is 0.802. The van der Waals surface area contributed by atoms with Crippen LogP contribution in [-0.4, -0.2) is 23.7 Å². The topological polar surface area (TPSA) is 47.3 Å². The van der Waals surface area contributed by atoms with E-state index in [9.17, 15) is 0 Å². The average Bonchev–Trinajstić information content (AvgIpc) is 2.77. The molecular weight excluding hydrogens is 244 g/mol. The Labute approximate surface area is 113 Å². The Morgan fingerprint density at radius 1 is 1.44 bits per heavy atom. The lowest BCUT2D eigenvalue weighted by atomic mass is 10.2. The first-order valence-electron chi connectivity index (χ1n) is 6.56. The molecule has 3 N–H and O–H groups in total. The van der Waals surface area contributed by atoms with Crippen LogP contribution in [0.15, 0.2) is 18.2 Å². The normalized spacial score (nSPS) is 19.2. The number of hydrogen-bond acceptors (Lipinski definition) is 4. The van der Waals surface area contributed by atoms with Crippen LogP contribution < -0.4 is 15.8 Å². The highest BCUT2D eigenvalue weighted by Crippen LogP contribution is 2.28. The van der Waals surface area contributed by atoms with Gasteiger partial charge in [-0.15, -0.1) is 0 Å². The molecule has 1 fully saturated rings. The summed E-state index contributed by atoms with van der Waals surface area (Å²) in [4.78, 5) is 0. The highest BCUT2D eigenvalue weighted by atomic mass is 32.2. The number of ether oxygens (including phenoxy) is 1. The van der Waals surface area contributed by atoms with E-state index in [-0.39, 0.29) is 6.10 Å². The summed E-state index contributed by atoms with van der Waals surface area (Å²) in [6.07, 6.45) is 2.83. The minimum absolute atomic E-state index is 0.171. The first-order valence-corrected chi connectivity index (χ1v) is 7.61. The van der Waals surface area contributed by atoms with Crippen molar-refractivity contribution in [1.29, 1.82) is 0 Å². The molecule has 18 heavy (non-hydrogen) atoms. The average molecular weight is 266 g/mol. The smallest absolute Gasteiger partial charge is 0.123 e. The van der Waals surface area contributed by atoms with Gasteiger partial charge >= 0.3 is 0 Å². The highest BCUT2D eigenvalue weighted by molar-refractivity contribution is 8.00. The van der Waals surface area contributed by atoms with Crippen LogP contribution in [0.4, 0.5) is 11.4 Å². The van der Waals surface area contributed by atoms with Gasteiger partial charge in [0.15, 0.2) is 0 Å². The second-order valence-electron chi connectivity index (χ2n) is 4.97. The molecule has 0 aliphatic carbocycles. The summed E-state index contributed by atoms with van der Waals surface area (Å²) in [5.74, 6) is 2.14. The second kappa shape index (κ2) is 6.23. The first kappa shape index (κ1) is 13.4. The van der Waals surface area contributed by atoms with Gasteiger partial charge in [-0.2, -0.15) is 11.8 Å². The van der Waals surface area contributed by atoms with Gasteiger partial charge in [-0.05, 0) is 38.5 Å². The fourth-order valence-electron chi connectivity index (χ4n) is 2.10. The minimum atomic E-state index is 0.171. The molecule has 1 heterocycles. The third-order valence-electron chi connectivity index (χ3n) is 2.86. The van der Waals surface area contributed by atoms with E-state index in [4.69, 9.17) is 10.5 Å². The van der Waals surface area contributed by atoms with Crippen LogP contribution >= 0.6 is 11.8 Å². The molecule has 4 heteroatoms. The third kappa shape index (κ3) is 4.02. The number of thioether (sulfide) groups is 1. The Bertz CT molecular complexity index is 389. The van der Waals surface area contributed by atoms with Gasteiger partial charge in [0.25, 0.3) is 0 Å². The van der Waals surface area contributed by atoms with Gasteiger partial charge < -0.3 is 15.8 Å². The summed E-state index contributed by atoms with van der Waals surface area (Å²) < 4.78 is 5.68. The maximum Gasteiger partial charge on any atom is 0.123 e. The Morgan fingerprint density at radius 2 is 2.28 bits per heavy atom. The molecule has 1 aromatic carbocycles. The zero-order valence-electron chi connectivity index (χ0n) is 11.1. The number of nitrogens with one attached hydrogen (secondary N) is 1. The molecule has 100 valence electrons. The fraction of sp³-hybridized carbons (Fsp3) is 0.571. The summed E-state index contributed by atoms with van der Waals surface area (Å²) >= 11 is 2.06. The molecular formula is C14H22N2OS. The molecule has 2 rings (SSSR count). The van der Waals surface area contributed by atoms with Gasteiger partial charge in [0.05, 0.1) is 6.10 Å². The predicted molar refractivity (Wildman–Crippen MR) is 80.6 cm³/mol. The van der Waals surface area contributed by atoms with E-state index in [0.717, 1.165) is 28.9 Å². The van der Waals surface area contributed by atoms with Crippen LogP contribution in [0, 0.1) is 0 Å². The van der Waals surface area contributed by atoms with Crippen LogP contribution in [0.3, 0.4) is 0 Å². The zero-order valence-corrected chi connectivity index (χ0v) is 11.9. The summed E-state index contributed by atoms with van der Waals surface area (Å²) in [6, 6.07) is 5.86. The Balaban J connectivity index is 1.96. The van der Waals surface area contributed by atoms with Gasteiger partial charge in [0, 0.05) is 35.3 Å². The largest absolute Gasteiger partial charge is 0.491 e. The molecule has 1 aliphatic heterocycles. The summed E-state index contributed by atoms with van der Waals surface area (Å²) in [5, 5.41) is 4.20. The number of nitrogen functional groups attached to an aromatic ring is 1. The number of anilines is 2. The molecule has 1 unspecified atom stereocenters. The molecule has 0 aromatic heterocycles. The molecule has 0 saturated carbocycles. The molecule has 1 saturated heterocycles. The predicted octanol–water partition coefficient (Wildman–Crippen LogP) is 3.36. The molecule has 0 amide bonds. The standard InChI is InChI=1S/C14H22N2OS/c1-10(2)17-13-7-11(15)6-12(8-13)16-9-14-4-3-5-18-14/h6-8,10,14,16H,3-5,9,15H2,1-2H3. The number of benzene rings is 1. The van der Waals surface area contributed by atoms with Crippen molar-refractivity contribution in [2.24, 2.45) is 0 Å². The lowest BCUT2D eigenvalue weighted by Gasteiger charge is -2.15. The van der Waals surface area contributed by atoms with Crippen LogP contribution in [0.5, 0.6) is 5.75 Å². The van der Waals surface area contributed by atoms with E-state index in [2.05, 4.69) is 17.1 Å². The van der Waals surface area contributed by atoms with E-state index in [1.165, 1.54) is 18.6 Å². The fourth-order valence-corrected chi connectivity index (χ4v) is 3.30. The van der Waals surface area contributed by atoms with Crippen LogP contribution in [-0.2, 0) is 0 Å². The van der Waals surface area contributed by atoms with Gasteiger partial charge in [-0.1, -0.05) is 0 Å². The maximum atomic E-state index is 5.89. The molecule has 1 aromatic rings. The zero-order chi connectivity index (χ0) is 13.0. The summed E-state index contributed by atoms with van der Waals surface area (Å²) in [6.45, 7) is 5.05. The second-order valence-corrected chi connectivity index (χ2v) is 6.38. The van der Waals surface area contributed by atoms with Gasteiger partial charge in [-0.25, -0.2) is 0 Å². The lowest BCUT2D eigenvalue weighted by Crippen LogP contribution is -2.14. The molecule has 1 atom stereocenters. The van der Waals surface area contributed by atoms with Crippen molar-refractivity contribution in [2.75, 3.05) is 23.3 Å². The van der Waals surface area contributed by atoms with Crippen molar-refractivity contribution in [1.82, 2.24) is 0 Å². The molecule has 3 nitrogen and oxygen atoms in total. The molecule has 0 spiro atoms. The van der Waals surface area contributed by atoms with E-state index in [0.29, 0.717) is 0 Å². The van der Waals surface area contributed by atoms with Crippen LogP contribution in [0.25, 0.3) is 0 Å². The van der Waals surface area contributed by atoms with Crippen molar-refractivity contribution in [3.8, 4) is 5.75 Å². The van der Waals surface area contributed by atoms with E-state index >= 15 is 0 Å². The molecule has 0 bridgehead atoms. The molecule has 1 aliphatic rings. The van der Waals surface area contributed by atoms with Crippen molar-refractivity contribution < 1.29 is 4.74 Å². The Morgan fingerprint density at radius 3 is 2.94 bits per heavy atom. The first-order chi connectivity index (χ1) is 8.63. The van der Waals surface area contributed by atoms with Gasteiger partial charge in [-0.3, -0.25) is 0 Å². The number of hydrogen-bond donors (Lipinski definition) is 2. The van der Waals surface area contributed by atoms with Crippen LogP contribution in [0.1, 0.15) is 26.7 Å². The Kier molecular flexibility index (Phi) is 4.64. The summed E-state index contributed by atoms with van der Waals surface area (Å²) in [7, 11) is 0. The van der Waals surface area contributed by atoms with E-state index < -0.39 is 0 Å². The molecule has 0 radical (unpaired) electrons. The lowest BCUT2D eigenvalue weighted by molar-refractivity contribution is 0.242. The summed E-state index contributed by atoms with van der Waals surface area (Å²) in [5.41, 5.74) is 7.69. The van der Waals surface area contributed by atoms with Gasteiger partial charge in [0.1, 0.15) is 5.75 Å². The Hall–Kier alpha value is -1.03. The van der Waals surface area contributed by atoms with Crippen molar-refractivity contribution >= 4 is 23.1 Å². The highest BCUT2D eigenvalue weighted by Gasteiger charge is 2.15. The minimum Gasteiger partial charge on any atom is -0.491 e. The van der Waals surface area contributed by atoms with Crippen LogP contribution in [0.2, 0.25) is 0 Å². The van der Waals surface area contributed by atoms with E-state index in [1.807, 2.05) is 32.0 Å². The van der Waals surface area contributed by atoms with E-state index in [1.54, 1.807) is 0 Å². The monoisotopic (exact) mass is 266 g/mol.